The van der Waals surface area contributed by atoms with Crippen molar-refractivity contribution >= 4 is 11.4 Å². The highest BCUT2D eigenvalue weighted by atomic mass is 14.7. The third kappa shape index (κ3) is 3.08. The van der Waals surface area contributed by atoms with E-state index < -0.39 is 0 Å². The normalized spacial score (nSPS) is 11.0. The summed E-state index contributed by atoms with van der Waals surface area (Å²) in [4.78, 5) is 0. The van der Waals surface area contributed by atoms with Crippen molar-refractivity contribution in [2.45, 2.75) is 41.5 Å². The van der Waals surface area contributed by atoms with Crippen LogP contribution in [0.25, 0.3) is 22.3 Å². The molecular weight excluding hydrogens is 316 g/mol. The molecule has 0 unspecified atom stereocenters. The molecular formula is C24H28N2. The predicted octanol–water partition coefficient (Wildman–Crippen LogP) is 6.04. The van der Waals surface area contributed by atoms with Gasteiger partial charge in [-0.25, -0.2) is 0 Å². The fourth-order valence-electron chi connectivity index (χ4n) is 4.26. The highest BCUT2D eigenvalue weighted by Gasteiger charge is 2.17. The average molecular weight is 345 g/mol. The molecule has 0 heterocycles. The Morgan fingerprint density at radius 2 is 0.731 bits per heavy atom. The van der Waals surface area contributed by atoms with Gasteiger partial charge in [0, 0.05) is 0 Å². The SMILES string of the molecule is Cc1cc(C)c(-c2cc(N)c(N)cc2-c2c(C)cc(C)cc2C)c(C)c1. The van der Waals surface area contributed by atoms with Gasteiger partial charge in [-0.2, -0.15) is 0 Å². The summed E-state index contributed by atoms with van der Waals surface area (Å²) >= 11 is 0. The minimum atomic E-state index is 0.630. The number of benzene rings is 3. The van der Waals surface area contributed by atoms with Gasteiger partial charge < -0.3 is 11.5 Å². The molecule has 0 atom stereocenters. The van der Waals surface area contributed by atoms with Crippen LogP contribution in [-0.2, 0) is 0 Å². The van der Waals surface area contributed by atoms with Gasteiger partial charge in [-0.1, -0.05) is 35.4 Å². The molecule has 2 nitrogen and oxygen atoms in total. The Balaban J connectivity index is 2.42. The number of nitrogens with two attached hydrogens (primary N) is 2. The summed E-state index contributed by atoms with van der Waals surface area (Å²) < 4.78 is 0. The van der Waals surface area contributed by atoms with Crippen molar-refractivity contribution < 1.29 is 0 Å². The van der Waals surface area contributed by atoms with Gasteiger partial charge in [-0.05, 0) is 98.2 Å². The lowest BCUT2D eigenvalue weighted by atomic mass is 9.84. The second kappa shape index (κ2) is 6.53. The number of nitrogen functional groups attached to an aromatic ring is 2. The smallest absolute Gasteiger partial charge is 0.0554 e. The van der Waals surface area contributed by atoms with E-state index in [1.54, 1.807) is 0 Å². The molecule has 0 spiro atoms. The van der Waals surface area contributed by atoms with E-state index in [1.807, 2.05) is 12.1 Å². The zero-order chi connectivity index (χ0) is 19.2. The van der Waals surface area contributed by atoms with Crippen molar-refractivity contribution in [2.75, 3.05) is 11.5 Å². The zero-order valence-electron chi connectivity index (χ0n) is 16.6. The number of rotatable bonds is 2. The summed E-state index contributed by atoms with van der Waals surface area (Å²) in [7, 11) is 0. The van der Waals surface area contributed by atoms with Gasteiger partial charge in [0.05, 0.1) is 11.4 Å². The molecule has 3 aromatic rings. The van der Waals surface area contributed by atoms with Crippen molar-refractivity contribution in [1.29, 1.82) is 0 Å². The first-order chi connectivity index (χ1) is 12.2. The van der Waals surface area contributed by atoms with Gasteiger partial charge in [-0.3, -0.25) is 0 Å². The molecule has 0 aliphatic heterocycles. The summed E-state index contributed by atoms with van der Waals surface area (Å²) in [5.74, 6) is 0. The summed E-state index contributed by atoms with van der Waals surface area (Å²) in [5.41, 5.74) is 26.1. The van der Waals surface area contributed by atoms with Crippen molar-refractivity contribution in [1.82, 2.24) is 0 Å². The standard InChI is InChI=1S/C24H28N2/c1-13-7-15(3)23(16(4)8-13)19-11-21(25)22(26)12-20(19)24-17(5)9-14(2)10-18(24)6/h7-12H,25-26H2,1-6H3. The Kier molecular flexibility index (Phi) is 4.53. The summed E-state index contributed by atoms with van der Waals surface area (Å²) in [6.45, 7) is 12.9. The molecule has 0 aromatic heterocycles. The van der Waals surface area contributed by atoms with Crippen LogP contribution in [0.2, 0.25) is 0 Å². The molecule has 3 aromatic carbocycles. The van der Waals surface area contributed by atoms with E-state index in [4.69, 9.17) is 11.5 Å². The van der Waals surface area contributed by atoms with Gasteiger partial charge in [0.1, 0.15) is 0 Å². The molecule has 0 bridgehead atoms. The molecule has 26 heavy (non-hydrogen) atoms. The third-order valence-electron chi connectivity index (χ3n) is 5.12. The molecule has 0 aliphatic rings. The zero-order valence-corrected chi connectivity index (χ0v) is 16.6. The van der Waals surface area contributed by atoms with E-state index in [1.165, 1.54) is 44.5 Å². The average Bonchev–Trinajstić information content (AvgIpc) is 2.49. The maximum Gasteiger partial charge on any atom is 0.0554 e. The van der Waals surface area contributed by atoms with E-state index >= 15 is 0 Å². The lowest BCUT2D eigenvalue weighted by Gasteiger charge is -2.20. The summed E-state index contributed by atoms with van der Waals surface area (Å²) in [6, 6.07) is 13.0. The Bertz CT molecular complexity index is 884. The van der Waals surface area contributed by atoms with Crippen LogP contribution in [0, 0.1) is 41.5 Å². The van der Waals surface area contributed by atoms with Gasteiger partial charge in [0.15, 0.2) is 0 Å². The second-order valence-corrected chi connectivity index (χ2v) is 7.57. The Hall–Kier alpha value is -2.74. The first kappa shape index (κ1) is 18.1. The highest BCUT2D eigenvalue weighted by Crippen LogP contribution is 2.42. The first-order valence-electron chi connectivity index (χ1n) is 9.04. The van der Waals surface area contributed by atoms with Crippen LogP contribution < -0.4 is 11.5 Å². The molecule has 0 saturated heterocycles. The van der Waals surface area contributed by atoms with E-state index in [9.17, 15) is 0 Å². The fourth-order valence-corrected chi connectivity index (χ4v) is 4.26. The molecule has 0 radical (unpaired) electrons. The lowest BCUT2D eigenvalue weighted by Crippen LogP contribution is -2.01. The molecule has 0 saturated carbocycles. The van der Waals surface area contributed by atoms with E-state index in [0.29, 0.717) is 11.4 Å². The topological polar surface area (TPSA) is 52.0 Å². The van der Waals surface area contributed by atoms with Crippen LogP contribution in [-0.4, -0.2) is 0 Å². The number of hydrogen-bond acceptors (Lipinski definition) is 2. The van der Waals surface area contributed by atoms with Crippen molar-refractivity contribution in [2.24, 2.45) is 0 Å². The lowest BCUT2D eigenvalue weighted by molar-refractivity contribution is 1.30. The minimum absolute atomic E-state index is 0.630. The van der Waals surface area contributed by atoms with Crippen LogP contribution in [0.1, 0.15) is 33.4 Å². The van der Waals surface area contributed by atoms with E-state index in [-0.39, 0.29) is 0 Å². The van der Waals surface area contributed by atoms with Crippen LogP contribution >= 0.6 is 0 Å². The Morgan fingerprint density at radius 3 is 1.00 bits per heavy atom. The predicted molar refractivity (Wildman–Crippen MR) is 115 cm³/mol. The van der Waals surface area contributed by atoms with Crippen LogP contribution in [0.3, 0.4) is 0 Å². The van der Waals surface area contributed by atoms with Crippen molar-refractivity contribution in [3.8, 4) is 22.3 Å². The van der Waals surface area contributed by atoms with Gasteiger partial charge in [0.25, 0.3) is 0 Å². The van der Waals surface area contributed by atoms with Crippen molar-refractivity contribution in [3.05, 3.63) is 69.8 Å². The van der Waals surface area contributed by atoms with Crippen LogP contribution in [0.4, 0.5) is 11.4 Å². The fraction of sp³-hybridized carbons (Fsp3) is 0.250. The maximum absolute atomic E-state index is 6.21. The van der Waals surface area contributed by atoms with Gasteiger partial charge >= 0.3 is 0 Å². The summed E-state index contributed by atoms with van der Waals surface area (Å²) in [6.07, 6.45) is 0. The number of anilines is 2. The molecule has 134 valence electrons. The maximum atomic E-state index is 6.21. The van der Waals surface area contributed by atoms with Crippen molar-refractivity contribution in [3.63, 3.8) is 0 Å². The minimum Gasteiger partial charge on any atom is -0.397 e. The number of aryl methyl sites for hydroxylation is 6. The number of hydrogen-bond donors (Lipinski definition) is 2. The van der Waals surface area contributed by atoms with E-state index in [2.05, 4.69) is 65.8 Å². The van der Waals surface area contributed by atoms with Crippen LogP contribution in [0.5, 0.6) is 0 Å². The van der Waals surface area contributed by atoms with Gasteiger partial charge in [0.2, 0.25) is 0 Å². The monoisotopic (exact) mass is 344 g/mol. The molecule has 0 fully saturated rings. The molecule has 0 aliphatic carbocycles. The molecule has 2 heteroatoms. The van der Waals surface area contributed by atoms with E-state index in [0.717, 1.165) is 11.1 Å². The largest absolute Gasteiger partial charge is 0.397 e. The third-order valence-corrected chi connectivity index (χ3v) is 5.12. The second-order valence-electron chi connectivity index (χ2n) is 7.57. The molecule has 4 N–H and O–H groups in total. The molecule has 0 amide bonds. The van der Waals surface area contributed by atoms with Gasteiger partial charge in [-0.15, -0.1) is 0 Å². The first-order valence-corrected chi connectivity index (χ1v) is 9.04. The summed E-state index contributed by atoms with van der Waals surface area (Å²) in [5, 5.41) is 0. The highest BCUT2D eigenvalue weighted by molar-refractivity contribution is 5.93. The Labute approximate surface area is 156 Å². The van der Waals surface area contributed by atoms with Crippen LogP contribution in [0.15, 0.2) is 36.4 Å². The Morgan fingerprint density at radius 1 is 0.462 bits per heavy atom. The molecule has 3 rings (SSSR count). The quantitative estimate of drug-likeness (QED) is 0.557.